The molecule has 1 atom stereocenters. The molecule has 1 unspecified atom stereocenters. The van der Waals surface area contributed by atoms with Crippen LogP contribution in [0.5, 0.6) is 5.75 Å². The van der Waals surface area contributed by atoms with Crippen LogP contribution in [0, 0.1) is 6.92 Å². The van der Waals surface area contributed by atoms with Gasteiger partial charge in [-0.3, -0.25) is 0 Å². The number of nitrogens with two attached hydrogens (primary N) is 1. The minimum absolute atomic E-state index is 0.000282. The van der Waals surface area contributed by atoms with Gasteiger partial charge < -0.3 is 14.9 Å². The summed E-state index contributed by atoms with van der Waals surface area (Å²) in [4.78, 5) is 0. The quantitative estimate of drug-likeness (QED) is 0.848. The molecule has 5 nitrogen and oxygen atoms in total. The number of hydrogen-bond donors (Lipinski definition) is 1. The largest absolute Gasteiger partial charge is 0.496 e. The van der Waals surface area contributed by atoms with Gasteiger partial charge in [0.25, 0.3) is 5.22 Å². The molecule has 2 N–H and O–H groups in total. The van der Waals surface area contributed by atoms with Gasteiger partial charge in [-0.25, -0.2) is 0 Å². The van der Waals surface area contributed by atoms with E-state index in [1.165, 1.54) is 11.8 Å². The van der Waals surface area contributed by atoms with Gasteiger partial charge in [-0.05, 0) is 24.6 Å². The molecule has 0 aliphatic carbocycles. The second kappa shape index (κ2) is 6.08. The van der Waals surface area contributed by atoms with Crippen molar-refractivity contribution in [2.75, 3.05) is 7.11 Å². The van der Waals surface area contributed by atoms with Gasteiger partial charge in [0.2, 0.25) is 5.89 Å². The lowest BCUT2D eigenvalue weighted by molar-refractivity contribution is 0.410. The van der Waals surface area contributed by atoms with Crippen LogP contribution in [0.15, 0.2) is 27.8 Å². The fraction of sp³-hybridized carbons (Fsp3) is 0.385. The summed E-state index contributed by atoms with van der Waals surface area (Å²) in [6.45, 7) is 3.73. The van der Waals surface area contributed by atoms with E-state index in [2.05, 4.69) is 16.3 Å². The number of aryl methyl sites for hydroxylation is 1. The van der Waals surface area contributed by atoms with Gasteiger partial charge in [0.1, 0.15) is 5.75 Å². The van der Waals surface area contributed by atoms with Crippen molar-refractivity contribution in [3.8, 4) is 5.75 Å². The number of hydrogen-bond acceptors (Lipinski definition) is 6. The van der Waals surface area contributed by atoms with Gasteiger partial charge in [-0.2, -0.15) is 0 Å². The summed E-state index contributed by atoms with van der Waals surface area (Å²) < 4.78 is 10.7. The van der Waals surface area contributed by atoms with Crippen molar-refractivity contribution in [1.82, 2.24) is 10.2 Å². The molecule has 2 rings (SSSR count). The van der Waals surface area contributed by atoms with Gasteiger partial charge in [0, 0.05) is 24.3 Å². The SMILES string of the molecule is COc1ccc(C(C)N)cc1CSc1nnc(C)o1. The Kier molecular flexibility index (Phi) is 4.44. The Hall–Kier alpha value is -1.53. The molecule has 1 aromatic carbocycles. The second-order valence-corrected chi connectivity index (χ2v) is 5.16. The van der Waals surface area contributed by atoms with Crippen LogP contribution in [-0.4, -0.2) is 17.3 Å². The van der Waals surface area contributed by atoms with Gasteiger partial charge >= 0.3 is 0 Å². The summed E-state index contributed by atoms with van der Waals surface area (Å²) >= 11 is 1.48. The standard InChI is InChI=1S/C13H17N3O2S/c1-8(14)10-4-5-12(17-3)11(6-10)7-19-13-16-15-9(2)18-13/h4-6,8H,7,14H2,1-3H3. The Balaban J connectivity index is 2.15. The molecule has 1 aromatic heterocycles. The van der Waals surface area contributed by atoms with Crippen LogP contribution in [0.3, 0.4) is 0 Å². The van der Waals surface area contributed by atoms with Crippen LogP contribution >= 0.6 is 11.8 Å². The summed E-state index contributed by atoms with van der Waals surface area (Å²) in [5, 5.41) is 8.31. The number of benzene rings is 1. The Labute approximate surface area is 116 Å². The van der Waals surface area contributed by atoms with Crippen molar-refractivity contribution in [2.45, 2.75) is 30.9 Å². The van der Waals surface area contributed by atoms with E-state index in [0.717, 1.165) is 16.9 Å². The highest BCUT2D eigenvalue weighted by Gasteiger charge is 2.10. The normalized spacial score (nSPS) is 12.4. The third kappa shape index (κ3) is 3.48. The Morgan fingerprint density at radius 1 is 1.42 bits per heavy atom. The van der Waals surface area contributed by atoms with Crippen LogP contribution in [0.1, 0.15) is 30.0 Å². The maximum atomic E-state index is 5.90. The van der Waals surface area contributed by atoms with Crippen LogP contribution in [0.2, 0.25) is 0 Å². The van der Waals surface area contributed by atoms with E-state index in [1.807, 2.05) is 19.1 Å². The first-order valence-corrected chi connectivity index (χ1v) is 6.94. The fourth-order valence-electron chi connectivity index (χ4n) is 1.67. The minimum atomic E-state index is 0.000282. The number of aromatic nitrogens is 2. The molecule has 19 heavy (non-hydrogen) atoms. The fourth-order valence-corrected chi connectivity index (χ4v) is 2.45. The first kappa shape index (κ1) is 13.9. The van der Waals surface area contributed by atoms with E-state index >= 15 is 0 Å². The van der Waals surface area contributed by atoms with Crippen molar-refractivity contribution in [3.63, 3.8) is 0 Å². The van der Waals surface area contributed by atoms with Gasteiger partial charge in [-0.1, -0.05) is 17.8 Å². The zero-order valence-corrected chi connectivity index (χ0v) is 12.0. The highest BCUT2D eigenvalue weighted by atomic mass is 32.2. The van der Waals surface area contributed by atoms with E-state index in [0.29, 0.717) is 16.9 Å². The van der Waals surface area contributed by atoms with Crippen molar-refractivity contribution in [3.05, 3.63) is 35.2 Å². The number of methoxy groups -OCH3 is 1. The van der Waals surface area contributed by atoms with Crippen molar-refractivity contribution < 1.29 is 9.15 Å². The average molecular weight is 279 g/mol. The predicted molar refractivity (Wildman–Crippen MR) is 74.2 cm³/mol. The maximum Gasteiger partial charge on any atom is 0.276 e. The molecular formula is C13H17N3O2S. The Morgan fingerprint density at radius 3 is 2.79 bits per heavy atom. The third-order valence-corrected chi connectivity index (χ3v) is 3.56. The molecular weight excluding hydrogens is 262 g/mol. The summed E-state index contributed by atoms with van der Waals surface area (Å²) in [7, 11) is 1.66. The lowest BCUT2D eigenvalue weighted by Crippen LogP contribution is -2.05. The second-order valence-electron chi connectivity index (χ2n) is 4.24. The van der Waals surface area contributed by atoms with Crippen molar-refractivity contribution in [2.24, 2.45) is 5.73 Å². The van der Waals surface area contributed by atoms with E-state index < -0.39 is 0 Å². The zero-order valence-electron chi connectivity index (χ0n) is 11.2. The molecule has 0 spiro atoms. The summed E-state index contributed by atoms with van der Waals surface area (Å²) in [5.74, 6) is 2.11. The molecule has 1 heterocycles. The predicted octanol–water partition coefficient (Wildman–Crippen LogP) is 2.70. The number of ether oxygens (including phenoxy) is 1. The molecule has 6 heteroatoms. The number of rotatable bonds is 5. The first-order chi connectivity index (χ1) is 9.10. The highest BCUT2D eigenvalue weighted by Crippen LogP contribution is 2.29. The molecule has 2 aromatic rings. The summed E-state index contributed by atoms with van der Waals surface area (Å²) in [6.07, 6.45) is 0. The molecule has 102 valence electrons. The van der Waals surface area contributed by atoms with Crippen LogP contribution < -0.4 is 10.5 Å². The van der Waals surface area contributed by atoms with Gasteiger partial charge in [0.05, 0.1) is 7.11 Å². The van der Waals surface area contributed by atoms with E-state index in [4.69, 9.17) is 14.9 Å². The third-order valence-electron chi connectivity index (χ3n) is 2.69. The lowest BCUT2D eigenvalue weighted by atomic mass is 10.1. The molecule has 0 radical (unpaired) electrons. The first-order valence-electron chi connectivity index (χ1n) is 5.95. The smallest absolute Gasteiger partial charge is 0.276 e. The van der Waals surface area contributed by atoms with Crippen molar-refractivity contribution in [1.29, 1.82) is 0 Å². The number of thioether (sulfide) groups is 1. The molecule has 0 aliphatic heterocycles. The van der Waals surface area contributed by atoms with Crippen molar-refractivity contribution >= 4 is 11.8 Å². The summed E-state index contributed by atoms with van der Waals surface area (Å²) in [6, 6.07) is 5.97. The minimum Gasteiger partial charge on any atom is -0.496 e. The van der Waals surface area contributed by atoms with E-state index in [-0.39, 0.29) is 6.04 Å². The molecule has 0 fully saturated rings. The van der Waals surface area contributed by atoms with Gasteiger partial charge in [0.15, 0.2) is 0 Å². The van der Waals surface area contributed by atoms with E-state index in [9.17, 15) is 0 Å². The zero-order chi connectivity index (χ0) is 13.8. The number of nitrogens with zero attached hydrogens (tertiary/aromatic N) is 2. The lowest BCUT2D eigenvalue weighted by Gasteiger charge is -2.11. The van der Waals surface area contributed by atoms with E-state index in [1.54, 1.807) is 14.0 Å². The average Bonchev–Trinajstić information content (AvgIpc) is 2.81. The molecule has 0 saturated heterocycles. The maximum absolute atomic E-state index is 5.90. The van der Waals surface area contributed by atoms with Crippen LogP contribution in [0.4, 0.5) is 0 Å². The van der Waals surface area contributed by atoms with Gasteiger partial charge in [-0.15, -0.1) is 10.2 Å². The van der Waals surface area contributed by atoms with Crippen LogP contribution in [0.25, 0.3) is 0 Å². The molecule has 0 bridgehead atoms. The topological polar surface area (TPSA) is 74.2 Å². The molecule has 0 aliphatic rings. The monoisotopic (exact) mass is 279 g/mol. The molecule has 0 amide bonds. The Morgan fingerprint density at radius 2 is 2.21 bits per heavy atom. The Bertz CT molecular complexity index is 555. The highest BCUT2D eigenvalue weighted by molar-refractivity contribution is 7.98. The summed E-state index contributed by atoms with van der Waals surface area (Å²) in [5.41, 5.74) is 8.05. The molecule has 0 saturated carbocycles. The van der Waals surface area contributed by atoms with Crippen LogP contribution in [-0.2, 0) is 5.75 Å².